The summed E-state index contributed by atoms with van der Waals surface area (Å²) in [7, 11) is 0. The molecule has 10 nitrogen and oxygen atoms in total. The van der Waals surface area contributed by atoms with Crippen LogP contribution in [-0.4, -0.2) is 50.1 Å². The van der Waals surface area contributed by atoms with E-state index in [1.54, 1.807) is 36.5 Å². The van der Waals surface area contributed by atoms with E-state index < -0.39 is 0 Å². The second kappa shape index (κ2) is 7.91. The topological polar surface area (TPSA) is 113 Å². The number of aryl methyl sites for hydroxylation is 2. The van der Waals surface area contributed by atoms with Crippen LogP contribution in [-0.2, 0) is 0 Å². The fraction of sp³-hybridized carbons (Fsp3) is 0.250. The molecular formula is C24H22N8O2. The molecule has 6 heterocycles. The Bertz CT molecular complexity index is 1400. The van der Waals surface area contributed by atoms with Gasteiger partial charge in [-0.2, -0.15) is 0 Å². The molecule has 0 radical (unpaired) electrons. The third kappa shape index (κ3) is 3.53. The van der Waals surface area contributed by atoms with Crippen molar-refractivity contribution >= 4 is 23.5 Å². The van der Waals surface area contributed by atoms with Crippen LogP contribution < -0.4 is 15.1 Å². The average Bonchev–Trinajstić information content (AvgIpc) is 3.46. The smallest absolute Gasteiger partial charge is 0.330 e. The van der Waals surface area contributed by atoms with Crippen LogP contribution in [0.25, 0.3) is 22.7 Å². The molecule has 2 amide bonds. The summed E-state index contributed by atoms with van der Waals surface area (Å²) in [6.45, 7) is 5.37. The quantitative estimate of drug-likeness (QED) is 0.497. The molecule has 2 aliphatic heterocycles. The van der Waals surface area contributed by atoms with Crippen LogP contribution in [0.3, 0.4) is 0 Å². The Kier molecular flexibility index (Phi) is 4.72. The first-order valence-corrected chi connectivity index (χ1v) is 11.1. The van der Waals surface area contributed by atoms with Crippen molar-refractivity contribution in [3.05, 3.63) is 60.5 Å². The largest absolute Gasteiger partial charge is 0.439 e. The number of amides is 2. The lowest BCUT2D eigenvalue weighted by atomic mass is 10.1. The first-order chi connectivity index (χ1) is 16.5. The number of oxazole rings is 1. The number of urea groups is 1. The van der Waals surface area contributed by atoms with E-state index in [4.69, 9.17) is 9.40 Å². The highest BCUT2D eigenvalue weighted by Gasteiger charge is 2.40. The monoisotopic (exact) mass is 454 g/mol. The van der Waals surface area contributed by atoms with Gasteiger partial charge in [0.05, 0.1) is 23.6 Å². The van der Waals surface area contributed by atoms with Crippen LogP contribution in [0.1, 0.15) is 18.0 Å². The minimum absolute atomic E-state index is 0.0227. The number of carbonyl (C=O) groups is 1. The summed E-state index contributed by atoms with van der Waals surface area (Å²) in [5.74, 6) is 1.89. The van der Waals surface area contributed by atoms with Crippen LogP contribution >= 0.6 is 0 Å². The fourth-order valence-electron chi connectivity index (χ4n) is 4.53. The molecule has 0 unspecified atom stereocenters. The van der Waals surface area contributed by atoms with Crippen LogP contribution in [0, 0.1) is 13.8 Å². The Morgan fingerprint density at radius 3 is 2.76 bits per heavy atom. The van der Waals surface area contributed by atoms with Crippen molar-refractivity contribution in [1.29, 1.82) is 0 Å². The number of hydrogen-bond donors (Lipinski definition) is 1. The third-order valence-corrected chi connectivity index (χ3v) is 6.11. The Labute approximate surface area is 195 Å². The summed E-state index contributed by atoms with van der Waals surface area (Å²) < 4.78 is 5.55. The summed E-state index contributed by atoms with van der Waals surface area (Å²) in [6, 6.07) is 9.37. The summed E-state index contributed by atoms with van der Waals surface area (Å²) in [4.78, 5) is 39.5. The molecule has 34 heavy (non-hydrogen) atoms. The number of nitrogens with zero attached hydrogens (tertiary/aromatic N) is 7. The Hall–Kier alpha value is -4.34. The Morgan fingerprint density at radius 2 is 1.94 bits per heavy atom. The molecule has 0 spiro atoms. The van der Waals surface area contributed by atoms with Gasteiger partial charge in [0.25, 0.3) is 0 Å². The first kappa shape index (κ1) is 20.3. The Morgan fingerprint density at radius 1 is 1.06 bits per heavy atom. The lowest BCUT2D eigenvalue weighted by Crippen LogP contribution is -2.48. The number of carbonyl (C=O) groups excluding carboxylic acids is 1. The highest BCUT2D eigenvalue weighted by molar-refractivity contribution is 6.04. The highest BCUT2D eigenvalue weighted by Crippen LogP contribution is 2.40. The summed E-state index contributed by atoms with van der Waals surface area (Å²) in [5, 5.41) is 2.85. The number of pyridine rings is 2. The maximum Gasteiger partial charge on any atom is 0.330 e. The van der Waals surface area contributed by atoms with Crippen LogP contribution in [0.15, 0.2) is 53.3 Å². The predicted octanol–water partition coefficient (Wildman–Crippen LogP) is 3.84. The van der Waals surface area contributed by atoms with E-state index in [9.17, 15) is 4.79 Å². The van der Waals surface area contributed by atoms with Gasteiger partial charge in [0.1, 0.15) is 5.69 Å². The molecule has 0 saturated carbocycles. The summed E-state index contributed by atoms with van der Waals surface area (Å²) in [6.07, 6.45) is 5.82. The van der Waals surface area contributed by atoms with Gasteiger partial charge in [-0.05, 0) is 43.7 Å². The number of anilines is 3. The molecule has 170 valence electrons. The molecule has 0 aliphatic carbocycles. The summed E-state index contributed by atoms with van der Waals surface area (Å²) >= 11 is 0. The van der Waals surface area contributed by atoms with E-state index in [0.29, 0.717) is 23.2 Å². The van der Waals surface area contributed by atoms with Crippen molar-refractivity contribution in [1.82, 2.24) is 24.9 Å². The normalized spacial score (nSPS) is 16.5. The van der Waals surface area contributed by atoms with Crippen LogP contribution in [0.2, 0.25) is 0 Å². The van der Waals surface area contributed by atoms with Crippen LogP contribution in [0.4, 0.5) is 22.2 Å². The van der Waals surface area contributed by atoms with Crippen molar-refractivity contribution in [2.75, 3.05) is 28.2 Å². The maximum absolute atomic E-state index is 13.5. The molecule has 4 aromatic heterocycles. The van der Waals surface area contributed by atoms with Gasteiger partial charge in [-0.15, -0.1) is 0 Å². The number of nitrogens with one attached hydrogen (secondary N) is 1. The SMILES string of the molecule is Cc1cc(-c2ccc3c(n2)N(C(=O)Nc2nccc(-c4cnc(C)o4)n2)[C@H]2CCN3C2)ccn1. The molecule has 6 rings (SSSR count). The zero-order valence-electron chi connectivity index (χ0n) is 18.8. The van der Waals surface area contributed by atoms with Gasteiger partial charge in [0.15, 0.2) is 17.5 Å². The molecule has 2 aliphatic rings. The molecule has 4 aromatic rings. The van der Waals surface area contributed by atoms with Gasteiger partial charge in [-0.25, -0.2) is 24.7 Å². The minimum atomic E-state index is -0.311. The van der Waals surface area contributed by atoms with Crippen molar-refractivity contribution in [2.45, 2.75) is 26.3 Å². The second-order valence-corrected chi connectivity index (χ2v) is 8.42. The molecule has 1 N–H and O–H groups in total. The number of aromatic nitrogens is 5. The van der Waals surface area contributed by atoms with E-state index in [1.807, 2.05) is 31.2 Å². The number of rotatable bonds is 3. The third-order valence-electron chi connectivity index (χ3n) is 6.11. The van der Waals surface area contributed by atoms with Crippen molar-refractivity contribution in [3.8, 4) is 22.7 Å². The molecule has 10 heteroatoms. The van der Waals surface area contributed by atoms with Gasteiger partial charge in [0.2, 0.25) is 5.95 Å². The van der Waals surface area contributed by atoms with Gasteiger partial charge in [-0.1, -0.05) is 0 Å². The van der Waals surface area contributed by atoms with E-state index in [-0.39, 0.29) is 18.0 Å². The van der Waals surface area contributed by atoms with Gasteiger partial charge in [0, 0.05) is 43.7 Å². The Balaban J connectivity index is 1.33. The van der Waals surface area contributed by atoms with Gasteiger partial charge >= 0.3 is 6.03 Å². The van der Waals surface area contributed by atoms with Crippen molar-refractivity contribution in [2.24, 2.45) is 0 Å². The maximum atomic E-state index is 13.5. The van der Waals surface area contributed by atoms with E-state index in [2.05, 4.69) is 30.2 Å². The predicted molar refractivity (Wildman–Crippen MR) is 127 cm³/mol. The van der Waals surface area contributed by atoms with Gasteiger partial charge < -0.3 is 9.32 Å². The molecule has 1 atom stereocenters. The molecule has 1 saturated heterocycles. The lowest BCUT2D eigenvalue weighted by Gasteiger charge is -2.35. The fourth-order valence-corrected chi connectivity index (χ4v) is 4.53. The first-order valence-electron chi connectivity index (χ1n) is 11.1. The zero-order chi connectivity index (χ0) is 23.2. The van der Waals surface area contributed by atoms with Crippen molar-refractivity contribution < 1.29 is 9.21 Å². The van der Waals surface area contributed by atoms with E-state index in [0.717, 1.165) is 42.1 Å². The number of fused-ring (bicyclic) bond motifs is 4. The minimum Gasteiger partial charge on any atom is -0.439 e. The average molecular weight is 454 g/mol. The van der Waals surface area contributed by atoms with Gasteiger partial charge in [-0.3, -0.25) is 15.2 Å². The lowest BCUT2D eigenvalue weighted by molar-refractivity contribution is 0.254. The zero-order valence-corrected chi connectivity index (χ0v) is 18.8. The second-order valence-electron chi connectivity index (χ2n) is 8.42. The standard InChI is InChI=1S/C24H22N8O2/c1-14-11-16(5-8-25-14)18-3-4-20-22(28-18)32(17-7-10-31(20)13-17)24(33)30-23-26-9-6-19(29-23)21-12-27-15(2)34-21/h3-6,8-9,11-12,17H,7,10,13H2,1-2H3,(H,26,29,30,33)/t17-/m0/s1. The molecular weight excluding hydrogens is 432 g/mol. The number of hydrogen-bond acceptors (Lipinski definition) is 8. The van der Waals surface area contributed by atoms with E-state index >= 15 is 0 Å². The molecule has 2 bridgehead atoms. The van der Waals surface area contributed by atoms with E-state index in [1.165, 1.54) is 0 Å². The van der Waals surface area contributed by atoms with Crippen molar-refractivity contribution in [3.63, 3.8) is 0 Å². The molecule has 0 aromatic carbocycles. The molecule has 1 fully saturated rings. The van der Waals surface area contributed by atoms with Crippen LogP contribution in [0.5, 0.6) is 0 Å². The highest BCUT2D eigenvalue weighted by atomic mass is 16.4. The summed E-state index contributed by atoms with van der Waals surface area (Å²) in [5.41, 5.74) is 4.16.